The molecule has 0 saturated heterocycles. The van der Waals surface area contributed by atoms with Crippen LogP contribution in [0.2, 0.25) is 0 Å². The van der Waals surface area contributed by atoms with Crippen molar-refractivity contribution in [2.24, 2.45) is 0 Å². The molecule has 0 fully saturated rings. The first kappa shape index (κ1) is 6.54. The van der Waals surface area contributed by atoms with Gasteiger partial charge in [-0.2, -0.15) is 0 Å². The summed E-state index contributed by atoms with van der Waals surface area (Å²) in [6.07, 6.45) is 0.350. The van der Waals surface area contributed by atoms with Gasteiger partial charge >= 0.3 is 0 Å². The van der Waals surface area contributed by atoms with Gasteiger partial charge in [-0.25, -0.2) is 5.11 Å². The number of halogens is 2. The lowest BCUT2D eigenvalue weighted by Crippen LogP contribution is -1.88. The highest BCUT2D eigenvalue weighted by Crippen LogP contribution is 2.04. The maximum Gasteiger partial charge on any atom is 0.110 e. The molecular formula is C3H5Cl2O. The van der Waals surface area contributed by atoms with E-state index in [0.29, 0.717) is 6.42 Å². The zero-order valence-electron chi connectivity index (χ0n) is 3.16. The van der Waals surface area contributed by atoms with Gasteiger partial charge in [-0.3, -0.25) is 0 Å². The molecule has 1 radical (unpaired) electrons. The van der Waals surface area contributed by atoms with Gasteiger partial charge < -0.3 is 0 Å². The highest BCUT2D eigenvalue weighted by atomic mass is 35.5. The Labute approximate surface area is 46.9 Å². The molecule has 0 aliphatic rings. The van der Waals surface area contributed by atoms with Crippen molar-refractivity contribution >= 4 is 23.2 Å². The van der Waals surface area contributed by atoms with E-state index in [9.17, 15) is 5.11 Å². The topological polar surface area (TPSA) is 19.9 Å². The van der Waals surface area contributed by atoms with Gasteiger partial charge in [0, 0.05) is 6.42 Å². The van der Waals surface area contributed by atoms with Crippen LogP contribution in [0.5, 0.6) is 0 Å². The predicted molar refractivity (Wildman–Crippen MR) is 25.7 cm³/mol. The molecule has 1 nitrogen and oxygen atoms in total. The van der Waals surface area contributed by atoms with Gasteiger partial charge in [0.25, 0.3) is 0 Å². The summed E-state index contributed by atoms with van der Waals surface area (Å²) in [6, 6.07) is 0. The Bertz CT molecular complexity index is 30.0. The molecule has 0 amide bonds. The van der Waals surface area contributed by atoms with E-state index < -0.39 is 4.84 Å². The monoisotopic (exact) mass is 127 g/mol. The van der Waals surface area contributed by atoms with E-state index in [1.807, 2.05) is 0 Å². The molecule has 0 heterocycles. The first-order chi connectivity index (χ1) is 2.77. The van der Waals surface area contributed by atoms with Crippen LogP contribution in [0.4, 0.5) is 0 Å². The van der Waals surface area contributed by atoms with Crippen molar-refractivity contribution in [3.05, 3.63) is 0 Å². The predicted octanol–water partition coefficient (Wildman–Crippen LogP) is 1.61. The molecule has 0 atom stereocenters. The van der Waals surface area contributed by atoms with E-state index in [2.05, 4.69) is 0 Å². The summed E-state index contributed by atoms with van der Waals surface area (Å²) in [4.78, 5) is -0.470. The molecule has 0 aromatic rings. The normalized spacial score (nSPS) is 10.0. The molecule has 0 spiro atoms. The first-order valence-electron chi connectivity index (χ1n) is 1.63. The Hall–Kier alpha value is 0.540. The molecule has 0 aromatic carbocycles. The fourth-order valence-electron chi connectivity index (χ4n) is 0.0891. The third-order valence-electron chi connectivity index (χ3n) is 0.336. The first-order valence-corrected chi connectivity index (χ1v) is 2.51. The van der Waals surface area contributed by atoms with Gasteiger partial charge in [0.05, 0.1) is 6.61 Å². The second-order valence-electron chi connectivity index (χ2n) is 0.884. The van der Waals surface area contributed by atoms with Crippen LogP contribution >= 0.6 is 23.2 Å². The van der Waals surface area contributed by atoms with E-state index in [4.69, 9.17) is 23.2 Å². The fourth-order valence-corrected chi connectivity index (χ4v) is 0.267. The minimum absolute atomic E-state index is 0.183. The molecular weight excluding hydrogens is 123 g/mol. The van der Waals surface area contributed by atoms with Crippen LogP contribution in [0.25, 0.3) is 0 Å². The molecule has 0 aliphatic heterocycles. The summed E-state index contributed by atoms with van der Waals surface area (Å²) < 4.78 is 0. The third-order valence-corrected chi connectivity index (χ3v) is 0.773. The van der Waals surface area contributed by atoms with E-state index in [1.165, 1.54) is 0 Å². The molecule has 3 heteroatoms. The number of rotatable bonds is 2. The maximum absolute atomic E-state index is 9.57. The molecule has 0 rings (SSSR count). The summed E-state index contributed by atoms with van der Waals surface area (Å²) in [5.41, 5.74) is 0. The molecule has 37 valence electrons. The van der Waals surface area contributed by atoms with Crippen LogP contribution in [0.3, 0.4) is 0 Å². The minimum Gasteiger partial charge on any atom is -0.237 e. The third kappa shape index (κ3) is 4.54. The van der Waals surface area contributed by atoms with Crippen molar-refractivity contribution in [2.75, 3.05) is 6.61 Å². The van der Waals surface area contributed by atoms with Crippen LogP contribution < -0.4 is 0 Å². The second kappa shape index (κ2) is 3.72. The summed E-state index contributed by atoms with van der Waals surface area (Å²) in [5, 5.41) is 9.57. The van der Waals surface area contributed by atoms with Crippen molar-refractivity contribution in [2.45, 2.75) is 11.3 Å². The van der Waals surface area contributed by atoms with Crippen molar-refractivity contribution in [3.8, 4) is 0 Å². The van der Waals surface area contributed by atoms with Crippen LogP contribution in [0.15, 0.2) is 0 Å². The van der Waals surface area contributed by atoms with Gasteiger partial charge in [-0.15, -0.1) is 23.2 Å². The highest BCUT2D eigenvalue weighted by molar-refractivity contribution is 6.44. The minimum atomic E-state index is -0.470. The Morgan fingerprint density at radius 3 is 2.00 bits per heavy atom. The lowest BCUT2D eigenvalue weighted by molar-refractivity contribution is 0.192. The molecule has 0 saturated carbocycles. The highest BCUT2D eigenvalue weighted by Gasteiger charge is 1.93. The zero-order valence-corrected chi connectivity index (χ0v) is 4.67. The number of hydrogen-bond acceptors (Lipinski definition) is 0. The Kier molecular flexibility index (Phi) is 4.06. The summed E-state index contributed by atoms with van der Waals surface area (Å²) in [7, 11) is 0. The van der Waals surface area contributed by atoms with Crippen LogP contribution in [-0.2, 0) is 5.11 Å². The number of hydrogen-bond donors (Lipinski definition) is 0. The zero-order chi connectivity index (χ0) is 4.99. The average Bonchev–Trinajstić information content (AvgIpc) is 1.35. The van der Waals surface area contributed by atoms with E-state index >= 15 is 0 Å². The number of alkyl halides is 2. The Morgan fingerprint density at radius 2 is 2.00 bits per heavy atom. The second-order valence-corrected chi connectivity index (χ2v) is 2.16. The molecule has 0 N–H and O–H groups in total. The van der Waals surface area contributed by atoms with Crippen LogP contribution in [0, 0.1) is 0 Å². The summed E-state index contributed by atoms with van der Waals surface area (Å²) in [5.74, 6) is 0. The van der Waals surface area contributed by atoms with Crippen LogP contribution in [-0.4, -0.2) is 11.4 Å². The van der Waals surface area contributed by atoms with Crippen molar-refractivity contribution in [1.29, 1.82) is 0 Å². The van der Waals surface area contributed by atoms with Gasteiger partial charge in [0.2, 0.25) is 0 Å². The fraction of sp³-hybridized carbons (Fsp3) is 1.00. The van der Waals surface area contributed by atoms with Gasteiger partial charge in [0.15, 0.2) is 0 Å². The smallest absolute Gasteiger partial charge is 0.110 e. The van der Waals surface area contributed by atoms with E-state index in [-0.39, 0.29) is 6.61 Å². The van der Waals surface area contributed by atoms with E-state index in [1.54, 1.807) is 0 Å². The van der Waals surface area contributed by atoms with Gasteiger partial charge in [-0.05, 0) is 0 Å². The van der Waals surface area contributed by atoms with Gasteiger partial charge in [0.1, 0.15) is 4.84 Å². The van der Waals surface area contributed by atoms with E-state index in [0.717, 1.165) is 0 Å². The average molecular weight is 128 g/mol. The lowest BCUT2D eigenvalue weighted by Gasteiger charge is -1.88. The van der Waals surface area contributed by atoms with Crippen molar-refractivity contribution in [1.82, 2.24) is 0 Å². The molecule has 6 heavy (non-hydrogen) atoms. The SMILES string of the molecule is [O]CCC(Cl)Cl. The Morgan fingerprint density at radius 1 is 1.50 bits per heavy atom. The standard InChI is InChI=1S/C3H5Cl2O/c4-3(5)1-2-6/h3H,1-2H2. The maximum atomic E-state index is 9.57. The summed E-state index contributed by atoms with van der Waals surface area (Å²) >= 11 is 10.3. The summed E-state index contributed by atoms with van der Waals surface area (Å²) in [6.45, 7) is -0.183. The molecule has 0 aromatic heterocycles. The quantitative estimate of drug-likeness (QED) is 0.503. The Balaban J connectivity index is 2.63. The lowest BCUT2D eigenvalue weighted by atomic mass is 10.5. The molecule has 0 unspecified atom stereocenters. The van der Waals surface area contributed by atoms with Crippen molar-refractivity contribution < 1.29 is 5.11 Å². The van der Waals surface area contributed by atoms with Crippen LogP contribution in [0.1, 0.15) is 6.42 Å². The van der Waals surface area contributed by atoms with Crippen molar-refractivity contribution in [3.63, 3.8) is 0 Å². The molecule has 0 aliphatic carbocycles. The largest absolute Gasteiger partial charge is 0.237 e. The van der Waals surface area contributed by atoms with Gasteiger partial charge in [-0.1, -0.05) is 0 Å². The molecule has 0 bridgehead atoms.